The summed E-state index contributed by atoms with van der Waals surface area (Å²) in [6, 6.07) is 8.61. The van der Waals surface area contributed by atoms with Gasteiger partial charge in [0.05, 0.1) is 5.41 Å². The fourth-order valence-electron chi connectivity index (χ4n) is 3.96. The Labute approximate surface area is 139 Å². The van der Waals surface area contributed by atoms with Crippen LogP contribution in [0.15, 0.2) is 24.3 Å². The number of rotatable bonds is 2. The zero-order valence-corrected chi connectivity index (χ0v) is 14.5. The molecule has 3 unspecified atom stereocenters. The van der Waals surface area contributed by atoms with Gasteiger partial charge >= 0.3 is 0 Å². The molecule has 4 heteroatoms. The van der Waals surface area contributed by atoms with Crippen LogP contribution in [0.2, 0.25) is 0 Å². The molecule has 22 heavy (non-hydrogen) atoms. The zero-order chi connectivity index (χ0) is 15.2. The van der Waals surface area contributed by atoms with Gasteiger partial charge in [0, 0.05) is 19.1 Å². The number of aryl methyl sites for hydroxylation is 1. The van der Waals surface area contributed by atoms with E-state index in [9.17, 15) is 4.79 Å². The van der Waals surface area contributed by atoms with Crippen LogP contribution >= 0.6 is 12.4 Å². The van der Waals surface area contributed by atoms with Gasteiger partial charge < -0.3 is 10.6 Å². The molecule has 3 rings (SSSR count). The third kappa shape index (κ3) is 2.89. The first-order valence-electron chi connectivity index (χ1n) is 8.01. The van der Waals surface area contributed by atoms with Crippen LogP contribution in [0.1, 0.15) is 37.8 Å². The van der Waals surface area contributed by atoms with Crippen molar-refractivity contribution in [1.29, 1.82) is 0 Å². The van der Waals surface area contributed by atoms with Crippen molar-refractivity contribution in [2.24, 2.45) is 17.6 Å². The van der Waals surface area contributed by atoms with Crippen molar-refractivity contribution in [1.82, 2.24) is 4.90 Å². The Morgan fingerprint density at radius 1 is 1.18 bits per heavy atom. The van der Waals surface area contributed by atoms with Gasteiger partial charge in [-0.1, -0.05) is 29.8 Å². The number of amides is 1. The molecule has 2 fully saturated rings. The van der Waals surface area contributed by atoms with Crippen molar-refractivity contribution in [3.63, 3.8) is 0 Å². The molecule has 0 radical (unpaired) electrons. The minimum atomic E-state index is -0.462. The molecular weight excluding hydrogens is 296 g/mol. The summed E-state index contributed by atoms with van der Waals surface area (Å²) in [4.78, 5) is 15.0. The van der Waals surface area contributed by atoms with Crippen molar-refractivity contribution in [3.05, 3.63) is 35.4 Å². The molecular formula is C18H27ClN2O. The van der Waals surface area contributed by atoms with Crippen molar-refractivity contribution in [3.8, 4) is 0 Å². The van der Waals surface area contributed by atoms with E-state index in [4.69, 9.17) is 5.73 Å². The SMILES string of the molecule is Cc1ccc(C(C)(C)C(=O)N2CC3CCC(N)C3C2)cc1.Cl. The van der Waals surface area contributed by atoms with E-state index in [1.165, 1.54) is 12.0 Å². The van der Waals surface area contributed by atoms with E-state index in [1.807, 2.05) is 18.7 Å². The molecule has 0 aromatic heterocycles. The second-order valence-corrected chi connectivity index (χ2v) is 7.37. The van der Waals surface area contributed by atoms with E-state index < -0.39 is 5.41 Å². The van der Waals surface area contributed by atoms with Crippen LogP contribution in [0.25, 0.3) is 0 Å². The highest BCUT2D eigenvalue weighted by Gasteiger charge is 2.45. The predicted octanol–water partition coefficient (Wildman–Crippen LogP) is 2.89. The molecule has 1 aromatic carbocycles. The summed E-state index contributed by atoms with van der Waals surface area (Å²) in [5, 5.41) is 0. The number of fused-ring (bicyclic) bond motifs is 1. The lowest BCUT2D eigenvalue weighted by atomic mass is 9.83. The lowest BCUT2D eigenvalue weighted by molar-refractivity contribution is -0.135. The van der Waals surface area contributed by atoms with Gasteiger partial charge in [0.2, 0.25) is 5.91 Å². The minimum Gasteiger partial charge on any atom is -0.341 e. The van der Waals surface area contributed by atoms with E-state index in [1.54, 1.807) is 0 Å². The molecule has 1 saturated heterocycles. The van der Waals surface area contributed by atoms with E-state index in [0.29, 0.717) is 11.8 Å². The molecule has 1 saturated carbocycles. The highest BCUT2D eigenvalue weighted by atomic mass is 35.5. The number of carbonyl (C=O) groups excluding carboxylic acids is 1. The normalized spacial score (nSPS) is 27.5. The molecule has 1 aromatic rings. The number of likely N-dealkylation sites (tertiary alicyclic amines) is 1. The summed E-state index contributed by atoms with van der Waals surface area (Å²) in [7, 11) is 0. The average molecular weight is 323 g/mol. The summed E-state index contributed by atoms with van der Waals surface area (Å²) in [5.41, 5.74) is 8.04. The van der Waals surface area contributed by atoms with Gasteiger partial charge in [-0.2, -0.15) is 0 Å². The van der Waals surface area contributed by atoms with E-state index in [2.05, 4.69) is 31.2 Å². The molecule has 0 bridgehead atoms. The fourth-order valence-corrected chi connectivity index (χ4v) is 3.96. The Hall–Kier alpha value is -1.06. The summed E-state index contributed by atoms with van der Waals surface area (Å²) in [6.07, 6.45) is 2.30. The number of hydrogen-bond donors (Lipinski definition) is 1. The van der Waals surface area contributed by atoms with Crippen molar-refractivity contribution in [2.75, 3.05) is 13.1 Å². The van der Waals surface area contributed by atoms with Crippen LogP contribution in [0.3, 0.4) is 0 Å². The van der Waals surface area contributed by atoms with Gasteiger partial charge in [0.25, 0.3) is 0 Å². The molecule has 1 aliphatic carbocycles. The Bertz CT molecular complexity index is 541. The van der Waals surface area contributed by atoms with Gasteiger partial charge in [-0.15, -0.1) is 12.4 Å². The second-order valence-electron chi connectivity index (χ2n) is 7.37. The number of nitrogens with zero attached hydrogens (tertiary/aromatic N) is 1. The van der Waals surface area contributed by atoms with Crippen LogP contribution in [0.4, 0.5) is 0 Å². The summed E-state index contributed by atoms with van der Waals surface area (Å²) < 4.78 is 0. The largest absolute Gasteiger partial charge is 0.341 e. The quantitative estimate of drug-likeness (QED) is 0.910. The maximum atomic E-state index is 13.0. The van der Waals surface area contributed by atoms with Gasteiger partial charge in [-0.25, -0.2) is 0 Å². The molecule has 2 N–H and O–H groups in total. The maximum absolute atomic E-state index is 13.0. The third-order valence-corrected chi connectivity index (χ3v) is 5.51. The molecule has 122 valence electrons. The summed E-state index contributed by atoms with van der Waals surface area (Å²) >= 11 is 0. The maximum Gasteiger partial charge on any atom is 0.232 e. The van der Waals surface area contributed by atoms with E-state index in [-0.39, 0.29) is 24.4 Å². The highest BCUT2D eigenvalue weighted by Crippen LogP contribution is 2.39. The monoisotopic (exact) mass is 322 g/mol. The number of halogens is 1. The van der Waals surface area contributed by atoms with Gasteiger partial charge in [0.1, 0.15) is 0 Å². The van der Waals surface area contributed by atoms with E-state index >= 15 is 0 Å². The van der Waals surface area contributed by atoms with E-state index in [0.717, 1.165) is 25.1 Å². The third-order valence-electron chi connectivity index (χ3n) is 5.51. The Morgan fingerprint density at radius 3 is 2.41 bits per heavy atom. The van der Waals surface area contributed by atoms with Gasteiger partial charge in [-0.3, -0.25) is 4.79 Å². The first-order chi connectivity index (χ1) is 9.89. The second kappa shape index (κ2) is 6.21. The van der Waals surface area contributed by atoms with Crippen LogP contribution in [0, 0.1) is 18.8 Å². The van der Waals surface area contributed by atoms with Crippen LogP contribution in [0.5, 0.6) is 0 Å². The van der Waals surface area contributed by atoms with Gasteiger partial charge in [-0.05, 0) is 51.0 Å². The highest BCUT2D eigenvalue weighted by molar-refractivity contribution is 5.87. The standard InChI is InChI=1S/C18H26N2O.ClH/c1-12-4-7-14(8-5-12)18(2,3)17(21)20-10-13-6-9-16(19)15(13)11-20;/h4-5,7-8,13,15-16H,6,9-11,19H2,1-3H3;1H. The number of nitrogens with two attached hydrogens (primary N) is 1. The predicted molar refractivity (Wildman–Crippen MR) is 92.2 cm³/mol. The van der Waals surface area contributed by atoms with Crippen molar-refractivity contribution in [2.45, 2.75) is 45.1 Å². The fraction of sp³-hybridized carbons (Fsp3) is 0.611. The molecule has 1 aliphatic heterocycles. The lowest BCUT2D eigenvalue weighted by Crippen LogP contribution is -2.43. The van der Waals surface area contributed by atoms with Gasteiger partial charge in [0.15, 0.2) is 0 Å². The molecule has 0 spiro atoms. The van der Waals surface area contributed by atoms with Crippen molar-refractivity contribution >= 4 is 18.3 Å². The van der Waals surface area contributed by atoms with Crippen molar-refractivity contribution < 1.29 is 4.79 Å². The topological polar surface area (TPSA) is 46.3 Å². The number of hydrogen-bond acceptors (Lipinski definition) is 2. The molecule has 3 atom stereocenters. The molecule has 1 amide bonds. The Kier molecular flexibility index (Phi) is 4.88. The molecule has 3 nitrogen and oxygen atoms in total. The minimum absolute atomic E-state index is 0. The summed E-state index contributed by atoms with van der Waals surface area (Å²) in [5.74, 6) is 1.38. The smallest absolute Gasteiger partial charge is 0.232 e. The first kappa shape index (κ1) is 17.3. The van der Waals surface area contributed by atoms with Crippen LogP contribution < -0.4 is 5.73 Å². The average Bonchev–Trinajstić information content (AvgIpc) is 3.01. The van der Waals surface area contributed by atoms with Crippen LogP contribution in [-0.2, 0) is 10.2 Å². The first-order valence-corrected chi connectivity index (χ1v) is 8.01. The zero-order valence-electron chi connectivity index (χ0n) is 13.7. The Balaban J connectivity index is 0.00000176. The van der Waals surface area contributed by atoms with Crippen LogP contribution in [-0.4, -0.2) is 29.9 Å². The molecule has 1 heterocycles. The Morgan fingerprint density at radius 2 is 1.82 bits per heavy atom. The number of benzene rings is 1. The lowest BCUT2D eigenvalue weighted by Gasteiger charge is -2.30. The molecule has 2 aliphatic rings. The summed E-state index contributed by atoms with van der Waals surface area (Å²) in [6.45, 7) is 7.89. The number of carbonyl (C=O) groups is 1.